The van der Waals surface area contributed by atoms with Crippen LogP contribution in [0.3, 0.4) is 0 Å². The fourth-order valence-corrected chi connectivity index (χ4v) is 4.21. The van der Waals surface area contributed by atoms with E-state index < -0.39 is 10.0 Å². The molecule has 23 heavy (non-hydrogen) atoms. The molecule has 1 aliphatic heterocycles. The van der Waals surface area contributed by atoms with Gasteiger partial charge in [0.15, 0.2) is 0 Å². The van der Waals surface area contributed by atoms with E-state index in [0.29, 0.717) is 13.0 Å². The van der Waals surface area contributed by atoms with Crippen LogP contribution >= 0.6 is 0 Å². The molecule has 0 saturated heterocycles. The molecule has 3 N–H and O–H groups in total. The predicted octanol–water partition coefficient (Wildman–Crippen LogP) is 1.25. The number of benzene rings is 1. The second-order valence-electron chi connectivity index (χ2n) is 6.99. The van der Waals surface area contributed by atoms with Gasteiger partial charge in [-0.3, -0.25) is 4.79 Å². The summed E-state index contributed by atoms with van der Waals surface area (Å²) in [6, 6.07) is 4.54. The second-order valence-corrected chi connectivity index (χ2v) is 8.70. The Bertz CT molecular complexity index is 708. The van der Waals surface area contributed by atoms with Crippen molar-refractivity contribution in [1.82, 2.24) is 4.72 Å². The summed E-state index contributed by atoms with van der Waals surface area (Å²) >= 11 is 0. The number of fused-ring (bicyclic) bond motifs is 1. The average Bonchev–Trinajstić information content (AvgIpc) is 2.86. The van der Waals surface area contributed by atoms with Crippen molar-refractivity contribution in [2.24, 2.45) is 11.1 Å². The van der Waals surface area contributed by atoms with Crippen LogP contribution in [0, 0.1) is 5.41 Å². The molecule has 1 aliphatic rings. The largest absolute Gasteiger partial charge is 0.329 e. The topological polar surface area (TPSA) is 92.5 Å². The molecule has 6 nitrogen and oxygen atoms in total. The van der Waals surface area contributed by atoms with Gasteiger partial charge in [0, 0.05) is 31.7 Å². The summed E-state index contributed by atoms with van der Waals surface area (Å²) in [7, 11) is -3.65. The SMILES string of the molecule is CC(=O)N1CCc2cc(S(=O)(=O)NC(CN)C(C)(C)C)ccc21. The molecule has 0 radical (unpaired) electrons. The molecular weight excluding hydrogens is 314 g/mol. The Morgan fingerprint density at radius 2 is 2.04 bits per heavy atom. The van der Waals surface area contributed by atoms with Gasteiger partial charge in [-0.2, -0.15) is 0 Å². The van der Waals surface area contributed by atoms with Crippen molar-refractivity contribution in [3.8, 4) is 0 Å². The molecular formula is C16H25N3O3S. The van der Waals surface area contributed by atoms with Crippen LogP contribution in [0.5, 0.6) is 0 Å². The third-order valence-electron chi connectivity index (χ3n) is 4.22. The van der Waals surface area contributed by atoms with Crippen molar-refractivity contribution in [1.29, 1.82) is 0 Å². The van der Waals surface area contributed by atoms with Gasteiger partial charge in [0.05, 0.1) is 4.90 Å². The first-order chi connectivity index (χ1) is 10.6. The number of nitrogens with zero attached hydrogens (tertiary/aromatic N) is 1. The Morgan fingerprint density at radius 1 is 1.39 bits per heavy atom. The lowest BCUT2D eigenvalue weighted by molar-refractivity contribution is -0.116. The van der Waals surface area contributed by atoms with Crippen molar-refractivity contribution < 1.29 is 13.2 Å². The number of nitrogens with two attached hydrogens (primary N) is 1. The van der Waals surface area contributed by atoms with Crippen LogP contribution in [-0.4, -0.2) is 33.5 Å². The number of carbonyl (C=O) groups is 1. The van der Waals surface area contributed by atoms with Gasteiger partial charge in [-0.15, -0.1) is 0 Å². The number of hydrogen-bond donors (Lipinski definition) is 2. The summed E-state index contributed by atoms with van der Waals surface area (Å²) in [4.78, 5) is 13.4. The first-order valence-corrected chi connectivity index (χ1v) is 9.18. The summed E-state index contributed by atoms with van der Waals surface area (Å²) < 4.78 is 27.9. The average molecular weight is 339 g/mol. The minimum atomic E-state index is -3.65. The Morgan fingerprint density at radius 3 is 2.57 bits per heavy atom. The first kappa shape index (κ1) is 17.9. The van der Waals surface area contributed by atoms with Gasteiger partial charge in [-0.05, 0) is 35.6 Å². The lowest BCUT2D eigenvalue weighted by atomic mass is 9.88. The van der Waals surface area contributed by atoms with Gasteiger partial charge in [0.1, 0.15) is 0 Å². The summed E-state index contributed by atoms with van der Waals surface area (Å²) in [5, 5.41) is 0. The maximum atomic E-state index is 12.6. The van der Waals surface area contributed by atoms with Crippen LogP contribution in [0.2, 0.25) is 0 Å². The number of anilines is 1. The fraction of sp³-hybridized carbons (Fsp3) is 0.562. The van der Waals surface area contributed by atoms with Crippen molar-refractivity contribution >= 4 is 21.6 Å². The van der Waals surface area contributed by atoms with Crippen LogP contribution in [0.1, 0.15) is 33.3 Å². The molecule has 1 heterocycles. The van der Waals surface area contributed by atoms with E-state index in [0.717, 1.165) is 11.3 Å². The van der Waals surface area contributed by atoms with Crippen LogP contribution in [0.4, 0.5) is 5.69 Å². The standard InChI is InChI=1S/C16H25N3O3S/c1-11(20)19-8-7-12-9-13(5-6-14(12)19)23(21,22)18-15(10-17)16(2,3)4/h5-6,9,15,18H,7-8,10,17H2,1-4H3. The van der Waals surface area contributed by atoms with E-state index in [9.17, 15) is 13.2 Å². The van der Waals surface area contributed by atoms with Gasteiger partial charge in [0.25, 0.3) is 0 Å². The summed E-state index contributed by atoms with van der Waals surface area (Å²) in [6.45, 7) is 8.17. The van der Waals surface area contributed by atoms with E-state index in [2.05, 4.69) is 4.72 Å². The van der Waals surface area contributed by atoms with Crippen molar-refractivity contribution in [2.75, 3.05) is 18.0 Å². The highest BCUT2D eigenvalue weighted by Gasteiger charge is 2.30. The molecule has 0 saturated carbocycles. The molecule has 0 spiro atoms. The van der Waals surface area contributed by atoms with Gasteiger partial charge in [-0.1, -0.05) is 20.8 Å². The Hall–Kier alpha value is -1.44. The van der Waals surface area contributed by atoms with E-state index >= 15 is 0 Å². The summed E-state index contributed by atoms with van der Waals surface area (Å²) in [5.74, 6) is -0.0339. The van der Waals surface area contributed by atoms with E-state index in [1.54, 1.807) is 23.1 Å². The van der Waals surface area contributed by atoms with Gasteiger partial charge in [-0.25, -0.2) is 13.1 Å². The smallest absolute Gasteiger partial charge is 0.240 e. The summed E-state index contributed by atoms with van der Waals surface area (Å²) in [5.41, 5.74) is 7.11. The maximum absolute atomic E-state index is 12.6. The highest BCUT2D eigenvalue weighted by molar-refractivity contribution is 7.89. The summed E-state index contributed by atoms with van der Waals surface area (Å²) in [6.07, 6.45) is 0.665. The second kappa shape index (κ2) is 6.22. The number of rotatable bonds is 4. The van der Waals surface area contributed by atoms with Gasteiger partial charge in [0.2, 0.25) is 15.9 Å². The number of nitrogens with one attached hydrogen (secondary N) is 1. The molecule has 0 aromatic heterocycles. The number of sulfonamides is 1. The molecule has 1 aromatic carbocycles. The number of carbonyl (C=O) groups excluding carboxylic acids is 1. The van der Waals surface area contributed by atoms with E-state index in [1.807, 2.05) is 20.8 Å². The molecule has 128 valence electrons. The molecule has 0 bridgehead atoms. The van der Waals surface area contributed by atoms with E-state index in [-0.39, 0.29) is 28.8 Å². The maximum Gasteiger partial charge on any atom is 0.240 e. The number of amides is 1. The highest BCUT2D eigenvalue weighted by Crippen LogP contribution is 2.30. The zero-order valence-electron chi connectivity index (χ0n) is 14.1. The molecule has 7 heteroatoms. The highest BCUT2D eigenvalue weighted by atomic mass is 32.2. The fourth-order valence-electron chi connectivity index (χ4n) is 2.71. The molecule has 0 fully saturated rings. The van der Waals surface area contributed by atoms with Crippen LogP contribution in [-0.2, 0) is 21.2 Å². The van der Waals surface area contributed by atoms with Gasteiger partial charge < -0.3 is 10.6 Å². The normalized spacial score (nSPS) is 16.3. The molecule has 1 unspecified atom stereocenters. The van der Waals surface area contributed by atoms with Crippen LogP contribution in [0.15, 0.2) is 23.1 Å². The number of hydrogen-bond acceptors (Lipinski definition) is 4. The lowest BCUT2D eigenvalue weighted by Gasteiger charge is -2.30. The molecule has 1 atom stereocenters. The Kier molecular flexibility index (Phi) is 4.84. The minimum absolute atomic E-state index is 0.0339. The third-order valence-corrected chi connectivity index (χ3v) is 5.68. The van der Waals surface area contributed by atoms with Crippen molar-refractivity contribution in [2.45, 2.75) is 45.1 Å². The molecule has 0 aliphatic carbocycles. The lowest BCUT2D eigenvalue weighted by Crippen LogP contribution is -2.48. The molecule has 1 amide bonds. The van der Waals surface area contributed by atoms with Crippen LogP contribution in [0.25, 0.3) is 0 Å². The zero-order chi connectivity index (χ0) is 17.4. The van der Waals surface area contributed by atoms with Crippen LogP contribution < -0.4 is 15.4 Å². The predicted molar refractivity (Wildman–Crippen MR) is 90.8 cm³/mol. The first-order valence-electron chi connectivity index (χ1n) is 7.69. The quantitative estimate of drug-likeness (QED) is 0.863. The van der Waals surface area contributed by atoms with E-state index in [1.165, 1.54) is 6.92 Å². The Labute approximate surface area is 138 Å². The Balaban J connectivity index is 2.30. The van der Waals surface area contributed by atoms with Gasteiger partial charge >= 0.3 is 0 Å². The van der Waals surface area contributed by atoms with Crippen molar-refractivity contribution in [3.05, 3.63) is 23.8 Å². The minimum Gasteiger partial charge on any atom is -0.329 e. The monoisotopic (exact) mass is 339 g/mol. The molecule has 1 aromatic rings. The molecule has 2 rings (SSSR count). The van der Waals surface area contributed by atoms with Crippen molar-refractivity contribution in [3.63, 3.8) is 0 Å². The third kappa shape index (κ3) is 3.73. The zero-order valence-corrected chi connectivity index (χ0v) is 14.9. The van der Waals surface area contributed by atoms with E-state index in [4.69, 9.17) is 5.73 Å².